The van der Waals surface area contributed by atoms with Crippen molar-refractivity contribution in [3.8, 4) is 17.2 Å². The van der Waals surface area contributed by atoms with Gasteiger partial charge in [0.2, 0.25) is 0 Å². The fourth-order valence-corrected chi connectivity index (χ4v) is 11.1. The number of hydrogen-bond donors (Lipinski definition) is 2. The van der Waals surface area contributed by atoms with Crippen LogP contribution in [0.25, 0.3) is 0 Å². The number of epoxide rings is 3. The summed E-state index contributed by atoms with van der Waals surface area (Å²) in [6.45, 7) is 42.6. The Morgan fingerprint density at radius 3 is 0.966 bits per heavy atom. The van der Waals surface area contributed by atoms with Crippen LogP contribution < -0.4 is 14.2 Å². The van der Waals surface area contributed by atoms with E-state index in [-0.39, 0.29) is 30.9 Å². The summed E-state index contributed by atoms with van der Waals surface area (Å²) in [6, 6.07) is 24.9. The van der Waals surface area contributed by atoms with Crippen LogP contribution in [0.15, 0.2) is 72.8 Å². The highest BCUT2D eigenvalue weighted by Gasteiger charge is 2.29. The lowest BCUT2D eigenvalue weighted by atomic mass is 9.72. The number of ether oxygens (including phenoxy) is 9. The molecule has 3 aliphatic heterocycles. The number of rotatable bonds is 43. The lowest BCUT2D eigenvalue weighted by molar-refractivity contribution is 0.0705. The van der Waals surface area contributed by atoms with Gasteiger partial charge in [-0.25, -0.2) is 0 Å². The van der Waals surface area contributed by atoms with Crippen molar-refractivity contribution in [3.05, 3.63) is 89.5 Å². The average molecular weight is 1250 g/mol. The Hall–Kier alpha value is -3.26. The van der Waals surface area contributed by atoms with Crippen LogP contribution in [-0.4, -0.2) is 121 Å². The monoisotopic (exact) mass is 1250 g/mol. The van der Waals surface area contributed by atoms with E-state index in [9.17, 15) is 0 Å². The van der Waals surface area contributed by atoms with E-state index >= 15 is 0 Å². The van der Waals surface area contributed by atoms with E-state index in [1.165, 1.54) is 152 Å². The molecule has 0 spiro atoms. The van der Waals surface area contributed by atoms with Crippen molar-refractivity contribution in [1.29, 1.82) is 0 Å². The van der Waals surface area contributed by atoms with E-state index < -0.39 is 0 Å². The number of unbranched alkanes of at least 4 members (excludes halogenated alkanes) is 19. The molecule has 11 heteroatoms. The molecule has 0 aromatic heterocycles. The molecule has 0 aliphatic carbocycles. The SMILES string of the molecule is CC(C)(C)CC(C)(C)c1ccc(OCCO)cc1.CC(C)(C)CC(C)(C)c1ccc(OCCOCCO)cc1.CC(C)(C)c1ccc(OCC2CO2)cc1.CCCCCCCCCCCCCCOCC1CO1.CCCCCCCCCCCOCC1CO1.[HH]. The highest BCUT2D eigenvalue weighted by Crippen LogP contribution is 2.38. The third-order valence-corrected chi connectivity index (χ3v) is 15.8. The largest absolute Gasteiger partial charge is 0.491 e. The van der Waals surface area contributed by atoms with Crippen LogP contribution in [0.2, 0.25) is 0 Å². The minimum Gasteiger partial charge on any atom is -0.491 e. The number of hydrogen-bond acceptors (Lipinski definition) is 11. The van der Waals surface area contributed by atoms with Crippen molar-refractivity contribution in [1.82, 2.24) is 0 Å². The van der Waals surface area contributed by atoms with Crippen LogP contribution in [0, 0.1) is 10.8 Å². The molecule has 0 saturated carbocycles. The van der Waals surface area contributed by atoms with Crippen molar-refractivity contribution in [2.45, 2.75) is 286 Å². The molecule has 0 bridgehead atoms. The summed E-state index contributed by atoms with van der Waals surface area (Å²) in [6.07, 6.45) is 32.7. The Morgan fingerprint density at radius 2 is 0.652 bits per heavy atom. The average Bonchev–Trinajstić information content (AvgIpc) is 2.85. The number of benzene rings is 3. The van der Waals surface area contributed by atoms with Crippen LogP contribution in [0.4, 0.5) is 0 Å². The maximum Gasteiger partial charge on any atom is 0.119 e. The van der Waals surface area contributed by atoms with Gasteiger partial charge < -0.3 is 52.8 Å². The van der Waals surface area contributed by atoms with Crippen molar-refractivity contribution in [3.63, 3.8) is 0 Å². The molecule has 3 aromatic carbocycles. The Kier molecular flexibility index (Phi) is 43.8. The van der Waals surface area contributed by atoms with Crippen molar-refractivity contribution < 1.29 is 54.3 Å². The van der Waals surface area contributed by atoms with Gasteiger partial charge in [-0.15, -0.1) is 0 Å². The van der Waals surface area contributed by atoms with E-state index in [1.54, 1.807) is 0 Å². The maximum absolute atomic E-state index is 8.71. The van der Waals surface area contributed by atoms with Gasteiger partial charge in [0.1, 0.15) is 55.4 Å². The van der Waals surface area contributed by atoms with Gasteiger partial charge in [0.15, 0.2) is 0 Å². The van der Waals surface area contributed by atoms with Crippen molar-refractivity contribution >= 4 is 0 Å². The van der Waals surface area contributed by atoms with Gasteiger partial charge in [0.05, 0.1) is 59.5 Å². The van der Waals surface area contributed by atoms with E-state index in [1.807, 2.05) is 36.4 Å². The van der Waals surface area contributed by atoms with Crippen LogP contribution in [-0.2, 0) is 44.7 Å². The summed E-state index contributed by atoms with van der Waals surface area (Å²) < 4.78 is 48.0. The summed E-state index contributed by atoms with van der Waals surface area (Å²) in [5.74, 6) is 2.61. The third kappa shape index (κ3) is 47.3. The molecule has 3 unspecified atom stereocenters. The molecule has 3 saturated heterocycles. The highest BCUT2D eigenvalue weighted by atomic mass is 16.6. The standard InChI is InChI=1S/C18H30O3.C17H34O2.C16H26O2.C14H28O2.C13H18O2.H2/c1-17(2,3)14-18(4,5)15-6-8-16(9-7-15)21-13-12-20-11-10-19;1-2-3-4-5-6-7-8-9-10-11-12-13-14-18-15-17-16-19-17;1-15(2,3)12-16(4,5)13-6-8-14(9-7-13)18-11-10-17;1-2-3-4-5-6-7-8-9-10-11-15-12-14-13-16-14;1-13(2,3)10-4-6-11(7-5-10)14-8-12-9-15-12;/h6-9,19H,10-14H2,1-5H3;17H,2-16H2,1H3;6-9,17H,10-12H2,1-5H3;14H,2-13H2,1H3;4-7,12H,8-9H2,1-3H3;1H. The fourth-order valence-electron chi connectivity index (χ4n) is 11.1. The van der Waals surface area contributed by atoms with Crippen molar-refractivity contribution in [2.24, 2.45) is 10.8 Å². The van der Waals surface area contributed by atoms with Crippen molar-refractivity contribution in [2.75, 3.05) is 92.5 Å². The first-order valence-corrected chi connectivity index (χ1v) is 35.4. The Labute approximate surface area is 548 Å². The fraction of sp³-hybridized carbons (Fsp3) is 0.769. The van der Waals surface area contributed by atoms with Gasteiger partial charge >= 0.3 is 0 Å². The second-order valence-corrected chi connectivity index (χ2v) is 29.9. The Morgan fingerprint density at radius 1 is 0.348 bits per heavy atom. The van der Waals surface area contributed by atoms with Gasteiger partial charge in [-0.3, -0.25) is 0 Å². The number of aliphatic hydroxyl groups is 2. The molecular formula is C78H138O11. The molecular weight excluding hydrogens is 1110 g/mol. The molecule has 516 valence electrons. The second-order valence-electron chi connectivity index (χ2n) is 29.9. The van der Waals surface area contributed by atoms with Gasteiger partial charge in [0, 0.05) is 14.6 Å². The van der Waals surface area contributed by atoms with Gasteiger partial charge in [-0.2, -0.15) is 0 Å². The third-order valence-electron chi connectivity index (χ3n) is 15.8. The zero-order valence-electron chi connectivity index (χ0n) is 59.9. The summed E-state index contributed by atoms with van der Waals surface area (Å²) >= 11 is 0. The first-order chi connectivity index (χ1) is 42.4. The molecule has 11 nitrogen and oxygen atoms in total. The molecule has 6 rings (SSSR count). The first kappa shape index (κ1) is 81.8. The summed E-state index contributed by atoms with van der Waals surface area (Å²) in [5.41, 5.74) is 5.14. The Bertz CT molecular complexity index is 2080. The first-order valence-electron chi connectivity index (χ1n) is 35.4. The van der Waals surface area contributed by atoms with Gasteiger partial charge in [-0.1, -0.05) is 262 Å². The second kappa shape index (κ2) is 47.6. The molecule has 89 heavy (non-hydrogen) atoms. The van der Waals surface area contributed by atoms with Crippen LogP contribution in [0.3, 0.4) is 0 Å². The summed E-state index contributed by atoms with van der Waals surface area (Å²) in [7, 11) is 0. The molecule has 3 heterocycles. The molecule has 3 fully saturated rings. The van der Waals surface area contributed by atoms with Crippen LogP contribution in [0.1, 0.15) is 270 Å². The predicted octanol–water partition coefficient (Wildman–Crippen LogP) is 19.6. The van der Waals surface area contributed by atoms with Gasteiger partial charge in [0.25, 0.3) is 0 Å². The minimum atomic E-state index is 0. The lowest BCUT2D eigenvalue weighted by Gasteiger charge is -2.33. The predicted molar refractivity (Wildman–Crippen MR) is 375 cm³/mol. The smallest absolute Gasteiger partial charge is 0.119 e. The zero-order chi connectivity index (χ0) is 65.7. The lowest BCUT2D eigenvalue weighted by Crippen LogP contribution is -2.24. The summed E-state index contributed by atoms with van der Waals surface area (Å²) in [5, 5.41) is 17.3. The minimum absolute atomic E-state index is 0. The molecule has 0 radical (unpaired) electrons. The molecule has 3 atom stereocenters. The topological polar surface area (TPSA) is 133 Å². The molecule has 3 aromatic rings. The molecule has 3 aliphatic rings. The van der Waals surface area contributed by atoms with E-state index in [0.29, 0.717) is 62.2 Å². The Balaban J connectivity index is 0.000000563. The molecule has 0 amide bonds. The maximum atomic E-state index is 8.71. The van der Waals surface area contributed by atoms with E-state index in [4.69, 9.17) is 52.8 Å². The van der Waals surface area contributed by atoms with E-state index in [0.717, 1.165) is 76.3 Å². The quantitative estimate of drug-likeness (QED) is 0.0414. The number of aliphatic hydroxyl groups excluding tert-OH is 2. The zero-order valence-corrected chi connectivity index (χ0v) is 59.9. The van der Waals surface area contributed by atoms with Crippen LogP contribution >= 0.6 is 0 Å². The van der Waals surface area contributed by atoms with Crippen LogP contribution in [0.5, 0.6) is 17.2 Å². The molecule has 2 N–H and O–H groups in total. The summed E-state index contributed by atoms with van der Waals surface area (Å²) in [4.78, 5) is 0. The normalized spacial score (nSPS) is 16.1. The van der Waals surface area contributed by atoms with Gasteiger partial charge in [-0.05, 0) is 106 Å². The van der Waals surface area contributed by atoms with E-state index in [2.05, 4.69) is 140 Å². The highest BCUT2D eigenvalue weighted by molar-refractivity contribution is 5.33.